The van der Waals surface area contributed by atoms with E-state index >= 15 is 0 Å². The molecule has 0 bridgehead atoms. The Morgan fingerprint density at radius 1 is 1.37 bits per heavy atom. The Labute approximate surface area is 115 Å². The quantitative estimate of drug-likeness (QED) is 0.904. The van der Waals surface area contributed by atoms with Gasteiger partial charge in [-0.05, 0) is 37.8 Å². The van der Waals surface area contributed by atoms with Crippen LogP contribution in [0, 0.1) is 19.3 Å². The van der Waals surface area contributed by atoms with Gasteiger partial charge in [-0.2, -0.15) is 0 Å². The van der Waals surface area contributed by atoms with Gasteiger partial charge in [0.2, 0.25) is 5.91 Å². The number of nitrogens with zero attached hydrogens (tertiary/aromatic N) is 1. The van der Waals surface area contributed by atoms with Crippen LogP contribution in [0.2, 0.25) is 0 Å². The number of amides is 1. The van der Waals surface area contributed by atoms with Crippen molar-refractivity contribution >= 4 is 5.91 Å². The van der Waals surface area contributed by atoms with E-state index < -0.39 is 5.41 Å². The number of aliphatic hydroxyl groups excluding tert-OH is 1. The fourth-order valence-corrected chi connectivity index (χ4v) is 2.75. The second-order valence-electron chi connectivity index (χ2n) is 5.88. The van der Waals surface area contributed by atoms with Crippen LogP contribution in [0.4, 0.5) is 0 Å². The first-order valence-corrected chi connectivity index (χ1v) is 6.91. The van der Waals surface area contributed by atoms with E-state index in [0.29, 0.717) is 6.54 Å². The third-order valence-corrected chi connectivity index (χ3v) is 4.33. The lowest BCUT2D eigenvalue weighted by Crippen LogP contribution is -2.48. The van der Waals surface area contributed by atoms with Crippen LogP contribution in [0.15, 0.2) is 18.2 Å². The van der Waals surface area contributed by atoms with Gasteiger partial charge in [0, 0.05) is 13.6 Å². The molecule has 1 aliphatic rings. The van der Waals surface area contributed by atoms with Crippen molar-refractivity contribution in [2.45, 2.75) is 39.7 Å². The average molecular weight is 261 g/mol. The fraction of sp³-hybridized carbons (Fsp3) is 0.562. The molecular formula is C16H23NO2. The molecule has 0 spiro atoms. The highest BCUT2D eigenvalue weighted by molar-refractivity contribution is 5.83. The van der Waals surface area contributed by atoms with Gasteiger partial charge in [0.1, 0.15) is 0 Å². The lowest BCUT2D eigenvalue weighted by molar-refractivity contribution is -0.150. The van der Waals surface area contributed by atoms with E-state index in [1.54, 1.807) is 4.90 Å². The molecule has 1 aromatic rings. The van der Waals surface area contributed by atoms with E-state index in [9.17, 15) is 9.90 Å². The number of aliphatic hydroxyl groups is 1. The molecule has 3 nitrogen and oxygen atoms in total. The molecule has 0 saturated heterocycles. The molecule has 1 aromatic carbocycles. The number of aryl methyl sites for hydroxylation is 2. The van der Waals surface area contributed by atoms with Crippen LogP contribution in [0.3, 0.4) is 0 Å². The van der Waals surface area contributed by atoms with E-state index in [-0.39, 0.29) is 12.5 Å². The molecule has 0 radical (unpaired) electrons. The zero-order valence-electron chi connectivity index (χ0n) is 12.1. The SMILES string of the molecule is Cc1ccc(C)c(CN(C)C(=O)C2(CO)CCC2)c1. The summed E-state index contributed by atoms with van der Waals surface area (Å²) in [5, 5.41) is 9.47. The van der Waals surface area contributed by atoms with E-state index in [1.807, 2.05) is 7.05 Å². The Bertz CT molecular complexity index is 472. The number of hydrogen-bond donors (Lipinski definition) is 1. The standard InChI is InChI=1S/C16H23NO2/c1-12-5-6-13(2)14(9-12)10-17(3)15(19)16(11-18)7-4-8-16/h5-6,9,18H,4,7-8,10-11H2,1-3H3. The number of rotatable bonds is 4. The highest BCUT2D eigenvalue weighted by atomic mass is 16.3. The second-order valence-corrected chi connectivity index (χ2v) is 5.88. The lowest BCUT2D eigenvalue weighted by Gasteiger charge is -2.41. The van der Waals surface area contributed by atoms with Crippen LogP contribution in [-0.4, -0.2) is 29.6 Å². The van der Waals surface area contributed by atoms with Crippen molar-refractivity contribution < 1.29 is 9.90 Å². The zero-order valence-corrected chi connectivity index (χ0v) is 12.1. The molecule has 3 heteroatoms. The molecule has 1 amide bonds. The van der Waals surface area contributed by atoms with Gasteiger partial charge in [-0.3, -0.25) is 4.79 Å². The van der Waals surface area contributed by atoms with E-state index in [0.717, 1.165) is 19.3 Å². The molecule has 104 valence electrons. The van der Waals surface area contributed by atoms with E-state index in [2.05, 4.69) is 32.0 Å². The van der Waals surface area contributed by atoms with Gasteiger partial charge in [-0.1, -0.05) is 30.2 Å². The van der Waals surface area contributed by atoms with Crippen molar-refractivity contribution in [2.24, 2.45) is 5.41 Å². The van der Waals surface area contributed by atoms with Crippen molar-refractivity contribution in [2.75, 3.05) is 13.7 Å². The minimum absolute atomic E-state index is 0.0248. The normalized spacial score (nSPS) is 16.8. The van der Waals surface area contributed by atoms with Crippen LogP contribution >= 0.6 is 0 Å². The number of carbonyl (C=O) groups excluding carboxylic acids is 1. The Morgan fingerprint density at radius 3 is 2.58 bits per heavy atom. The predicted molar refractivity (Wildman–Crippen MR) is 75.8 cm³/mol. The van der Waals surface area contributed by atoms with Gasteiger partial charge >= 0.3 is 0 Å². The van der Waals surface area contributed by atoms with Crippen LogP contribution in [0.1, 0.15) is 36.0 Å². The number of hydrogen-bond acceptors (Lipinski definition) is 2. The van der Waals surface area contributed by atoms with Gasteiger partial charge in [0.15, 0.2) is 0 Å². The molecule has 2 rings (SSSR count). The summed E-state index contributed by atoms with van der Waals surface area (Å²) in [7, 11) is 1.83. The Kier molecular flexibility index (Phi) is 3.95. The zero-order chi connectivity index (χ0) is 14.0. The summed E-state index contributed by atoms with van der Waals surface area (Å²) < 4.78 is 0. The molecule has 0 aromatic heterocycles. The van der Waals surface area contributed by atoms with Crippen LogP contribution < -0.4 is 0 Å². The van der Waals surface area contributed by atoms with Gasteiger partial charge in [-0.15, -0.1) is 0 Å². The molecule has 1 N–H and O–H groups in total. The summed E-state index contributed by atoms with van der Waals surface area (Å²) >= 11 is 0. The van der Waals surface area contributed by atoms with Gasteiger partial charge in [0.25, 0.3) is 0 Å². The largest absolute Gasteiger partial charge is 0.395 e. The average Bonchev–Trinajstić information content (AvgIpc) is 2.33. The Hall–Kier alpha value is -1.35. The lowest BCUT2D eigenvalue weighted by atomic mass is 9.68. The summed E-state index contributed by atoms with van der Waals surface area (Å²) in [6, 6.07) is 6.31. The molecule has 0 heterocycles. The maximum absolute atomic E-state index is 12.4. The third-order valence-electron chi connectivity index (χ3n) is 4.33. The van der Waals surface area contributed by atoms with Crippen molar-refractivity contribution in [3.63, 3.8) is 0 Å². The molecule has 19 heavy (non-hydrogen) atoms. The van der Waals surface area contributed by atoms with Crippen LogP contribution in [0.25, 0.3) is 0 Å². The van der Waals surface area contributed by atoms with Crippen molar-refractivity contribution in [3.8, 4) is 0 Å². The molecule has 1 saturated carbocycles. The highest BCUT2D eigenvalue weighted by Gasteiger charge is 2.45. The molecule has 0 atom stereocenters. The van der Waals surface area contributed by atoms with Crippen LogP contribution in [0.5, 0.6) is 0 Å². The number of carbonyl (C=O) groups is 1. The van der Waals surface area contributed by atoms with Crippen molar-refractivity contribution in [1.29, 1.82) is 0 Å². The Balaban J connectivity index is 2.10. The first-order chi connectivity index (χ1) is 8.98. The minimum atomic E-state index is -0.494. The molecule has 1 aliphatic carbocycles. The molecule has 1 fully saturated rings. The minimum Gasteiger partial charge on any atom is -0.395 e. The molecule has 0 unspecified atom stereocenters. The maximum atomic E-state index is 12.4. The van der Waals surface area contributed by atoms with Gasteiger partial charge in [0.05, 0.1) is 12.0 Å². The first-order valence-electron chi connectivity index (χ1n) is 6.91. The summed E-state index contributed by atoms with van der Waals surface area (Å²) in [5.74, 6) is 0.0853. The predicted octanol–water partition coefficient (Wildman–Crippen LogP) is 2.42. The fourth-order valence-electron chi connectivity index (χ4n) is 2.75. The third kappa shape index (κ3) is 2.66. The molecule has 0 aliphatic heterocycles. The van der Waals surface area contributed by atoms with E-state index in [1.165, 1.54) is 16.7 Å². The summed E-state index contributed by atoms with van der Waals surface area (Å²) in [4.78, 5) is 14.2. The van der Waals surface area contributed by atoms with E-state index in [4.69, 9.17) is 0 Å². The first kappa shape index (κ1) is 14.1. The second kappa shape index (κ2) is 5.33. The number of benzene rings is 1. The smallest absolute Gasteiger partial charge is 0.231 e. The topological polar surface area (TPSA) is 40.5 Å². The highest BCUT2D eigenvalue weighted by Crippen LogP contribution is 2.42. The van der Waals surface area contributed by atoms with Gasteiger partial charge < -0.3 is 10.0 Å². The molecular weight excluding hydrogens is 238 g/mol. The summed E-state index contributed by atoms with van der Waals surface area (Å²) in [6.07, 6.45) is 2.68. The van der Waals surface area contributed by atoms with Gasteiger partial charge in [-0.25, -0.2) is 0 Å². The van der Waals surface area contributed by atoms with Crippen LogP contribution in [-0.2, 0) is 11.3 Å². The van der Waals surface area contributed by atoms with Crippen molar-refractivity contribution in [1.82, 2.24) is 4.90 Å². The maximum Gasteiger partial charge on any atom is 0.231 e. The monoisotopic (exact) mass is 261 g/mol. The van der Waals surface area contributed by atoms with Crippen molar-refractivity contribution in [3.05, 3.63) is 34.9 Å². The Morgan fingerprint density at radius 2 is 2.05 bits per heavy atom. The summed E-state index contributed by atoms with van der Waals surface area (Å²) in [6.45, 7) is 4.72. The summed E-state index contributed by atoms with van der Waals surface area (Å²) in [5.41, 5.74) is 3.11.